The second-order valence-corrected chi connectivity index (χ2v) is 12.7. The molecule has 34 heavy (non-hydrogen) atoms. The zero-order valence-electron chi connectivity index (χ0n) is 22.4. The third-order valence-electron chi connectivity index (χ3n) is 10.6. The summed E-state index contributed by atoms with van der Waals surface area (Å²) in [6.45, 7) is 6.01. The fourth-order valence-electron chi connectivity index (χ4n) is 8.33. The standard InChI is InChI=1S/C32H55NO/c1-3-5-6-7-24-8-10-25(11-9-24)26-12-14-27(15-13-26)28-16-18-29(19-17-28)30-20-22-31(23-21-30)33-32(34)4-2/h4,14,24-26,28-34H,2-3,5-13,15-23H2,1H3. The van der Waals surface area contributed by atoms with E-state index in [1.807, 2.05) is 5.57 Å². The van der Waals surface area contributed by atoms with Crippen LogP contribution in [0.15, 0.2) is 24.3 Å². The van der Waals surface area contributed by atoms with Crippen molar-refractivity contribution in [2.24, 2.45) is 35.5 Å². The molecule has 2 heteroatoms. The number of allylic oxidation sites excluding steroid dienone is 2. The molecule has 0 aliphatic heterocycles. The maximum absolute atomic E-state index is 9.78. The Bertz CT molecular complexity index is 617. The second kappa shape index (κ2) is 13.6. The van der Waals surface area contributed by atoms with E-state index in [-0.39, 0.29) is 0 Å². The van der Waals surface area contributed by atoms with E-state index in [0.29, 0.717) is 6.04 Å². The third kappa shape index (κ3) is 7.45. The molecule has 0 amide bonds. The van der Waals surface area contributed by atoms with E-state index in [0.717, 1.165) is 35.5 Å². The molecule has 4 rings (SSSR count). The van der Waals surface area contributed by atoms with Gasteiger partial charge in [0.25, 0.3) is 0 Å². The van der Waals surface area contributed by atoms with Crippen molar-refractivity contribution in [3.63, 3.8) is 0 Å². The number of rotatable bonds is 10. The maximum Gasteiger partial charge on any atom is 0.124 e. The molecule has 0 aromatic carbocycles. The number of unbranched alkanes of at least 4 members (excludes halogenated alkanes) is 2. The van der Waals surface area contributed by atoms with Crippen molar-refractivity contribution in [1.82, 2.24) is 5.32 Å². The van der Waals surface area contributed by atoms with Gasteiger partial charge in [0.2, 0.25) is 0 Å². The summed E-state index contributed by atoms with van der Waals surface area (Å²) in [5.74, 6) is 5.89. The lowest BCUT2D eigenvalue weighted by atomic mass is 9.66. The summed E-state index contributed by atoms with van der Waals surface area (Å²) >= 11 is 0. The van der Waals surface area contributed by atoms with E-state index in [4.69, 9.17) is 0 Å². The molecule has 2 atom stereocenters. The summed E-state index contributed by atoms with van der Waals surface area (Å²) in [6.07, 6.45) is 31.0. The van der Waals surface area contributed by atoms with E-state index in [2.05, 4.69) is 24.9 Å². The summed E-state index contributed by atoms with van der Waals surface area (Å²) in [4.78, 5) is 0. The van der Waals surface area contributed by atoms with Gasteiger partial charge in [-0.3, -0.25) is 5.32 Å². The summed E-state index contributed by atoms with van der Waals surface area (Å²) in [7, 11) is 0. The van der Waals surface area contributed by atoms with Crippen molar-refractivity contribution >= 4 is 0 Å². The van der Waals surface area contributed by atoms with Crippen LogP contribution >= 0.6 is 0 Å². The summed E-state index contributed by atoms with van der Waals surface area (Å²) in [5, 5.41) is 13.1. The fourth-order valence-corrected chi connectivity index (χ4v) is 8.33. The molecule has 2 unspecified atom stereocenters. The van der Waals surface area contributed by atoms with E-state index in [1.54, 1.807) is 6.08 Å². The number of hydrogen-bond donors (Lipinski definition) is 2. The summed E-state index contributed by atoms with van der Waals surface area (Å²) in [5.41, 5.74) is 1.86. The predicted molar refractivity (Wildman–Crippen MR) is 146 cm³/mol. The molecule has 2 N–H and O–H groups in total. The van der Waals surface area contributed by atoms with Gasteiger partial charge in [-0.25, -0.2) is 0 Å². The Morgan fingerprint density at radius 3 is 2.06 bits per heavy atom. The number of nitrogens with one attached hydrogen (secondary N) is 1. The topological polar surface area (TPSA) is 32.3 Å². The van der Waals surface area contributed by atoms with Crippen LogP contribution in [0.3, 0.4) is 0 Å². The van der Waals surface area contributed by atoms with Crippen LogP contribution in [0.25, 0.3) is 0 Å². The Morgan fingerprint density at radius 2 is 1.47 bits per heavy atom. The van der Waals surface area contributed by atoms with Crippen LogP contribution in [0.2, 0.25) is 0 Å². The first-order valence-corrected chi connectivity index (χ1v) is 15.4. The van der Waals surface area contributed by atoms with Crippen molar-refractivity contribution in [2.75, 3.05) is 0 Å². The highest BCUT2D eigenvalue weighted by molar-refractivity contribution is 5.12. The van der Waals surface area contributed by atoms with E-state index in [9.17, 15) is 5.11 Å². The van der Waals surface area contributed by atoms with Crippen LogP contribution in [0.1, 0.15) is 129 Å². The number of aliphatic hydroxyl groups excluding tert-OH is 1. The van der Waals surface area contributed by atoms with Gasteiger partial charge < -0.3 is 5.11 Å². The highest BCUT2D eigenvalue weighted by Gasteiger charge is 2.34. The average Bonchev–Trinajstić information content (AvgIpc) is 2.90. The van der Waals surface area contributed by atoms with Gasteiger partial charge in [0, 0.05) is 6.04 Å². The van der Waals surface area contributed by atoms with Crippen LogP contribution in [0, 0.1) is 35.5 Å². The zero-order chi connectivity index (χ0) is 23.8. The lowest BCUT2D eigenvalue weighted by Crippen LogP contribution is -2.40. The van der Waals surface area contributed by atoms with Gasteiger partial charge >= 0.3 is 0 Å². The Morgan fingerprint density at radius 1 is 0.853 bits per heavy atom. The van der Waals surface area contributed by atoms with Gasteiger partial charge in [-0.2, -0.15) is 0 Å². The molecule has 0 bridgehead atoms. The molecule has 2 nitrogen and oxygen atoms in total. The highest BCUT2D eigenvalue weighted by atomic mass is 16.3. The predicted octanol–water partition coefficient (Wildman–Crippen LogP) is 8.56. The summed E-state index contributed by atoms with van der Waals surface area (Å²) < 4.78 is 0. The zero-order valence-corrected chi connectivity index (χ0v) is 22.4. The first-order chi connectivity index (χ1) is 16.7. The lowest BCUT2D eigenvalue weighted by molar-refractivity contribution is 0.123. The molecular formula is C32H55NO. The molecule has 4 aliphatic carbocycles. The minimum absolute atomic E-state index is 0.483. The maximum atomic E-state index is 9.78. The van der Waals surface area contributed by atoms with Crippen LogP contribution < -0.4 is 5.32 Å². The highest BCUT2D eigenvalue weighted by Crippen LogP contribution is 2.46. The molecule has 4 aliphatic rings. The largest absolute Gasteiger partial charge is 0.375 e. The third-order valence-corrected chi connectivity index (χ3v) is 10.6. The second-order valence-electron chi connectivity index (χ2n) is 12.7. The van der Waals surface area contributed by atoms with Crippen molar-refractivity contribution < 1.29 is 5.11 Å². The first kappa shape index (κ1) is 26.5. The molecule has 0 aromatic heterocycles. The number of aliphatic hydroxyl groups is 1. The fraction of sp³-hybridized carbons (Fsp3) is 0.875. The van der Waals surface area contributed by atoms with Gasteiger partial charge in [0.15, 0.2) is 0 Å². The van der Waals surface area contributed by atoms with Gasteiger partial charge in [-0.15, -0.1) is 0 Å². The molecule has 0 aromatic rings. The molecule has 3 fully saturated rings. The van der Waals surface area contributed by atoms with Crippen LogP contribution in [-0.4, -0.2) is 17.4 Å². The van der Waals surface area contributed by atoms with E-state index < -0.39 is 6.23 Å². The molecule has 0 spiro atoms. The van der Waals surface area contributed by atoms with Crippen LogP contribution in [-0.2, 0) is 0 Å². The minimum atomic E-state index is -0.536. The van der Waals surface area contributed by atoms with E-state index >= 15 is 0 Å². The molecular weight excluding hydrogens is 414 g/mol. The van der Waals surface area contributed by atoms with Crippen LogP contribution in [0.4, 0.5) is 0 Å². The Balaban J connectivity index is 1.13. The van der Waals surface area contributed by atoms with Gasteiger partial charge in [-0.05, 0) is 125 Å². The molecule has 194 valence electrons. The SMILES string of the molecule is C=CC(O)NC1CCC(C2CCC(C3=CCC(C4CCC(CCCCC)CC4)CC3)CC2)CC1. The Kier molecular flexibility index (Phi) is 10.6. The van der Waals surface area contributed by atoms with Gasteiger partial charge in [-0.1, -0.05) is 63.7 Å². The van der Waals surface area contributed by atoms with Gasteiger partial charge in [0.05, 0.1) is 0 Å². The van der Waals surface area contributed by atoms with Crippen molar-refractivity contribution in [1.29, 1.82) is 0 Å². The van der Waals surface area contributed by atoms with Crippen LogP contribution in [0.5, 0.6) is 0 Å². The molecule has 0 radical (unpaired) electrons. The van der Waals surface area contributed by atoms with Crippen molar-refractivity contribution in [3.8, 4) is 0 Å². The lowest BCUT2D eigenvalue weighted by Gasteiger charge is -2.40. The van der Waals surface area contributed by atoms with Gasteiger partial charge in [0.1, 0.15) is 6.23 Å². The average molecular weight is 470 g/mol. The number of hydrogen-bond acceptors (Lipinski definition) is 2. The molecule has 0 saturated heterocycles. The quantitative estimate of drug-likeness (QED) is 0.191. The molecule has 3 saturated carbocycles. The van der Waals surface area contributed by atoms with Crippen molar-refractivity contribution in [3.05, 3.63) is 24.3 Å². The summed E-state index contributed by atoms with van der Waals surface area (Å²) in [6, 6.07) is 0.483. The molecule has 0 heterocycles. The monoisotopic (exact) mass is 469 g/mol. The van der Waals surface area contributed by atoms with Crippen molar-refractivity contribution in [2.45, 2.75) is 141 Å². The van der Waals surface area contributed by atoms with E-state index in [1.165, 1.54) is 122 Å². The Hall–Kier alpha value is -0.600. The normalized spacial score (nSPS) is 38.2. The Labute approximate surface area is 211 Å². The minimum Gasteiger partial charge on any atom is -0.375 e. The first-order valence-electron chi connectivity index (χ1n) is 15.4. The smallest absolute Gasteiger partial charge is 0.124 e.